The second kappa shape index (κ2) is 11.2. The second-order valence-corrected chi connectivity index (χ2v) is 10.5. The summed E-state index contributed by atoms with van der Waals surface area (Å²) >= 11 is 3.33. The number of para-hydroxylation sites is 1. The third-order valence-electron chi connectivity index (χ3n) is 5.93. The fraction of sp³-hybridized carbons (Fsp3) is 0.214. The lowest BCUT2D eigenvalue weighted by Crippen LogP contribution is -2.39. The summed E-state index contributed by atoms with van der Waals surface area (Å²) in [5, 5.41) is 0. The quantitative estimate of drug-likeness (QED) is 0.290. The summed E-state index contributed by atoms with van der Waals surface area (Å²) in [5.74, 6) is 1.22. The zero-order valence-corrected chi connectivity index (χ0v) is 21.7. The first kappa shape index (κ1) is 24.4. The van der Waals surface area contributed by atoms with Gasteiger partial charge in [-0.05, 0) is 53.1 Å². The van der Waals surface area contributed by atoms with Crippen LogP contribution in [0.2, 0.25) is 0 Å². The monoisotopic (exact) mass is 518 g/mol. The summed E-state index contributed by atoms with van der Waals surface area (Å²) in [4.78, 5) is 20.8. The summed E-state index contributed by atoms with van der Waals surface area (Å²) in [6, 6.07) is 22.1. The van der Waals surface area contributed by atoms with E-state index < -0.39 is 0 Å². The van der Waals surface area contributed by atoms with Gasteiger partial charge in [0.1, 0.15) is 0 Å². The van der Waals surface area contributed by atoms with Gasteiger partial charge in [-0.25, -0.2) is 4.98 Å². The number of nitrogens with zero attached hydrogens (tertiary/aromatic N) is 2. The maximum absolute atomic E-state index is 13.2. The van der Waals surface area contributed by atoms with Crippen LogP contribution in [-0.2, 0) is 9.53 Å². The molecule has 1 amide bonds. The number of morpholine rings is 1. The van der Waals surface area contributed by atoms with E-state index in [0.717, 1.165) is 31.5 Å². The minimum Gasteiger partial charge on any atom is -0.493 e. The van der Waals surface area contributed by atoms with Crippen molar-refractivity contribution < 1.29 is 19.0 Å². The number of methoxy groups -OCH3 is 2. The SMILES string of the molecule is COc1ccc(C(=CC(=O)N2CCOCC2)c2ccc(Sc3nc4ccccc4s3)cc2)cc1OC. The van der Waals surface area contributed by atoms with Crippen LogP contribution in [0.1, 0.15) is 11.1 Å². The molecule has 8 heteroatoms. The highest BCUT2D eigenvalue weighted by atomic mass is 32.2. The Hall–Kier alpha value is -3.33. The van der Waals surface area contributed by atoms with Gasteiger partial charge in [0.05, 0.1) is 37.6 Å². The summed E-state index contributed by atoms with van der Waals surface area (Å²) in [6.45, 7) is 2.30. The Bertz CT molecular complexity index is 1360. The van der Waals surface area contributed by atoms with Crippen LogP contribution in [0.3, 0.4) is 0 Å². The Labute approximate surface area is 218 Å². The molecule has 0 atom stereocenters. The van der Waals surface area contributed by atoms with E-state index in [1.165, 1.54) is 4.70 Å². The molecular weight excluding hydrogens is 492 g/mol. The standard InChI is InChI=1S/C28H26N2O4S2/c1-32-24-12-9-20(17-25(24)33-2)22(18-27(31)30-13-15-34-16-14-30)19-7-10-21(11-8-19)35-28-29-23-5-3-4-6-26(23)36-28/h3-12,17-18H,13-16H2,1-2H3. The molecule has 184 valence electrons. The molecule has 3 aromatic carbocycles. The van der Waals surface area contributed by atoms with Crippen molar-refractivity contribution in [2.75, 3.05) is 40.5 Å². The molecule has 0 unspecified atom stereocenters. The van der Waals surface area contributed by atoms with E-state index >= 15 is 0 Å². The maximum Gasteiger partial charge on any atom is 0.247 e. The van der Waals surface area contributed by atoms with Gasteiger partial charge < -0.3 is 19.1 Å². The summed E-state index contributed by atoms with van der Waals surface area (Å²) in [7, 11) is 3.22. The lowest BCUT2D eigenvalue weighted by molar-refractivity contribution is -0.129. The van der Waals surface area contributed by atoms with Gasteiger partial charge >= 0.3 is 0 Å². The van der Waals surface area contributed by atoms with Gasteiger partial charge in [-0.1, -0.05) is 42.1 Å². The smallest absolute Gasteiger partial charge is 0.247 e. The number of thiazole rings is 1. The number of carbonyl (C=O) groups excluding carboxylic acids is 1. The van der Waals surface area contributed by atoms with E-state index in [0.29, 0.717) is 37.8 Å². The molecule has 6 nitrogen and oxygen atoms in total. The molecule has 0 spiro atoms. The van der Waals surface area contributed by atoms with Gasteiger partial charge in [0.2, 0.25) is 5.91 Å². The van der Waals surface area contributed by atoms with Crippen molar-refractivity contribution in [2.24, 2.45) is 0 Å². The van der Waals surface area contributed by atoms with Crippen molar-refractivity contribution in [1.29, 1.82) is 0 Å². The van der Waals surface area contributed by atoms with Crippen molar-refractivity contribution in [2.45, 2.75) is 9.24 Å². The van der Waals surface area contributed by atoms with E-state index in [1.807, 2.05) is 53.4 Å². The lowest BCUT2D eigenvalue weighted by Gasteiger charge is -2.26. The fourth-order valence-electron chi connectivity index (χ4n) is 4.03. The Morgan fingerprint density at radius 2 is 1.69 bits per heavy atom. The molecule has 1 saturated heterocycles. The number of rotatable bonds is 7. The van der Waals surface area contributed by atoms with Gasteiger partial charge in [0.25, 0.3) is 0 Å². The van der Waals surface area contributed by atoms with Gasteiger partial charge in [-0.2, -0.15) is 0 Å². The first-order chi connectivity index (χ1) is 17.6. The predicted molar refractivity (Wildman–Crippen MR) is 144 cm³/mol. The van der Waals surface area contributed by atoms with Crippen molar-refractivity contribution in [3.05, 3.63) is 83.9 Å². The highest BCUT2D eigenvalue weighted by Gasteiger charge is 2.18. The Morgan fingerprint density at radius 1 is 0.972 bits per heavy atom. The van der Waals surface area contributed by atoms with E-state index in [1.54, 1.807) is 43.4 Å². The Kier molecular flexibility index (Phi) is 7.55. The van der Waals surface area contributed by atoms with Crippen LogP contribution in [0.4, 0.5) is 0 Å². The number of benzene rings is 3. The van der Waals surface area contributed by atoms with Crippen LogP contribution >= 0.6 is 23.1 Å². The number of amides is 1. The van der Waals surface area contributed by atoms with Crippen LogP contribution in [-0.4, -0.2) is 56.3 Å². The third-order valence-corrected chi connectivity index (χ3v) is 8.03. The van der Waals surface area contributed by atoms with E-state index in [2.05, 4.69) is 18.2 Å². The number of hydrogen-bond acceptors (Lipinski definition) is 7. The largest absolute Gasteiger partial charge is 0.493 e. The Balaban J connectivity index is 1.46. The molecule has 0 N–H and O–H groups in total. The zero-order chi connectivity index (χ0) is 24.9. The van der Waals surface area contributed by atoms with Crippen molar-refractivity contribution >= 4 is 44.8 Å². The van der Waals surface area contributed by atoms with Crippen molar-refractivity contribution in [1.82, 2.24) is 9.88 Å². The van der Waals surface area contributed by atoms with Crippen LogP contribution in [0, 0.1) is 0 Å². The average molecular weight is 519 g/mol. The molecule has 36 heavy (non-hydrogen) atoms. The third kappa shape index (κ3) is 5.41. The fourth-order valence-corrected chi connectivity index (χ4v) is 6.07. The van der Waals surface area contributed by atoms with Crippen LogP contribution in [0.25, 0.3) is 15.8 Å². The molecule has 0 saturated carbocycles. The first-order valence-corrected chi connectivity index (χ1v) is 13.2. The van der Waals surface area contributed by atoms with Crippen molar-refractivity contribution in [3.8, 4) is 11.5 Å². The van der Waals surface area contributed by atoms with Gasteiger partial charge in [0.15, 0.2) is 15.8 Å². The Morgan fingerprint density at radius 3 is 2.42 bits per heavy atom. The molecule has 1 aliphatic rings. The molecule has 0 bridgehead atoms. The molecule has 0 aliphatic carbocycles. The summed E-state index contributed by atoms with van der Waals surface area (Å²) < 4.78 is 18.5. The van der Waals surface area contributed by atoms with Gasteiger partial charge in [0, 0.05) is 24.1 Å². The van der Waals surface area contributed by atoms with E-state index in [-0.39, 0.29) is 5.91 Å². The molecule has 1 fully saturated rings. The number of aromatic nitrogens is 1. The summed E-state index contributed by atoms with van der Waals surface area (Å²) in [6.07, 6.45) is 1.71. The normalized spacial score (nSPS) is 14.2. The average Bonchev–Trinajstić information content (AvgIpc) is 3.34. The molecule has 5 rings (SSSR count). The van der Waals surface area contributed by atoms with Gasteiger partial charge in [-0.3, -0.25) is 4.79 Å². The lowest BCUT2D eigenvalue weighted by atomic mass is 9.96. The molecule has 1 aliphatic heterocycles. The minimum absolute atomic E-state index is 0.0315. The number of fused-ring (bicyclic) bond motifs is 1. The van der Waals surface area contributed by atoms with Crippen LogP contribution in [0.5, 0.6) is 11.5 Å². The highest BCUT2D eigenvalue weighted by Crippen LogP contribution is 2.36. The molecule has 1 aromatic heterocycles. The van der Waals surface area contributed by atoms with Crippen LogP contribution in [0.15, 0.2) is 82.0 Å². The zero-order valence-electron chi connectivity index (χ0n) is 20.1. The second-order valence-electron chi connectivity index (χ2n) is 8.14. The number of carbonyl (C=O) groups is 1. The topological polar surface area (TPSA) is 60.9 Å². The minimum atomic E-state index is -0.0315. The predicted octanol–water partition coefficient (Wildman–Crippen LogP) is 5.76. The molecular formula is C28H26N2O4S2. The number of ether oxygens (including phenoxy) is 3. The molecule has 4 aromatic rings. The van der Waals surface area contributed by atoms with Gasteiger partial charge in [-0.15, -0.1) is 11.3 Å². The van der Waals surface area contributed by atoms with Crippen molar-refractivity contribution in [3.63, 3.8) is 0 Å². The van der Waals surface area contributed by atoms with E-state index in [4.69, 9.17) is 19.2 Å². The number of hydrogen-bond donors (Lipinski definition) is 0. The highest BCUT2D eigenvalue weighted by molar-refractivity contribution is 8.01. The summed E-state index contributed by atoms with van der Waals surface area (Å²) in [5.41, 5.74) is 3.66. The maximum atomic E-state index is 13.2. The van der Waals surface area contributed by atoms with Crippen LogP contribution < -0.4 is 9.47 Å². The van der Waals surface area contributed by atoms with E-state index in [9.17, 15) is 4.79 Å². The molecule has 0 radical (unpaired) electrons. The first-order valence-electron chi connectivity index (χ1n) is 11.6. The molecule has 2 heterocycles.